The van der Waals surface area contributed by atoms with Crippen molar-refractivity contribution in [2.45, 2.75) is 60.5 Å². The van der Waals surface area contributed by atoms with Crippen LogP contribution in [0.3, 0.4) is 0 Å². The quantitative estimate of drug-likeness (QED) is 0.694. The fourth-order valence-electron chi connectivity index (χ4n) is 3.57. The summed E-state index contributed by atoms with van der Waals surface area (Å²) in [6.07, 6.45) is 0.862. The van der Waals surface area contributed by atoms with Crippen molar-refractivity contribution in [2.24, 2.45) is 5.92 Å². The van der Waals surface area contributed by atoms with E-state index in [2.05, 4.69) is 39.1 Å². The number of aryl methyl sites for hydroxylation is 1. The van der Waals surface area contributed by atoms with E-state index < -0.39 is 5.60 Å². The molecule has 0 heterocycles. The maximum absolute atomic E-state index is 8.69. The Bertz CT molecular complexity index is 881. The Morgan fingerprint density at radius 2 is 1.81 bits per heavy atom. The number of nitrogens with one attached hydrogen (secondary N) is 1. The Kier molecular flexibility index (Phi) is 5.21. The third-order valence-electron chi connectivity index (χ3n) is 5.82. The van der Waals surface area contributed by atoms with Crippen LogP contribution in [0.2, 0.25) is 0 Å². The van der Waals surface area contributed by atoms with E-state index in [0.717, 1.165) is 23.3 Å². The highest BCUT2D eigenvalue weighted by Gasteiger charge is 2.37. The Balaban J connectivity index is 2.78. The van der Waals surface area contributed by atoms with Crippen LogP contribution in [0.5, 0.6) is 5.75 Å². The number of ether oxygens (including phenoxy) is 1. The van der Waals surface area contributed by atoms with Gasteiger partial charge in [-0.3, -0.25) is 0 Å². The molecule has 142 valence electrons. The van der Waals surface area contributed by atoms with Crippen LogP contribution < -0.4 is 10.1 Å². The van der Waals surface area contributed by atoms with Gasteiger partial charge in [0.25, 0.3) is 0 Å². The highest BCUT2D eigenvalue weighted by Crippen LogP contribution is 2.39. The zero-order chi connectivity index (χ0) is 22.1. The molecule has 1 unspecified atom stereocenters. The van der Waals surface area contributed by atoms with Crippen molar-refractivity contribution in [3.8, 4) is 5.75 Å². The summed E-state index contributed by atoms with van der Waals surface area (Å²) in [6, 6.07) is 4.28. The molecule has 0 spiro atoms. The van der Waals surface area contributed by atoms with E-state index in [1.807, 2.05) is 33.9 Å². The first-order valence-corrected chi connectivity index (χ1v) is 9.51. The van der Waals surface area contributed by atoms with Gasteiger partial charge < -0.3 is 10.1 Å². The number of rotatable bonds is 7. The third-order valence-corrected chi connectivity index (χ3v) is 5.82. The molecule has 26 heavy (non-hydrogen) atoms. The average molecular weight is 357 g/mol. The van der Waals surface area contributed by atoms with Crippen LogP contribution >= 0.6 is 0 Å². The summed E-state index contributed by atoms with van der Waals surface area (Å²) in [5, 5.41) is 3.23. The van der Waals surface area contributed by atoms with Crippen LogP contribution in [-0.2, 0) is 12.0 Å². The van der Waals surface area contributed by atoms with Crippen LogP contribution in [0.4, 0.5) is 0 Å². The lowest BCUT2D eigenvalue weighted by atomic mass is 9.80. The van der Waals surface area contributed by atoms with Crippen LogP contribution in [0.1, 0.15) is 58.3 Å². The van der Waals surface area contributed by atoms with Gasteiger partial charge in [0, 0.05) is 12.5 Å². The van der Waals surface area contributed by atoms with Gasteiger partial charge in [0.2, 0.25) is 0 Å². The van der Waals surface area contributed by atoms with Crippen molar-refractivity contribution < 1.29 is 8.85 Å². The zero-order valence-electron chi connectivity index (χ0n) is 20.6. The minimum atomic E-state index is -0.815. The molecule has 0 amide bonds. The summed E-state index contributed by atoms with van der Waals surface area (Å²) in [4.78, 5) is 0. The molecule has 0 aliphatic carbocycles. The second-order valence-electron chi connectivity index (χ2n) is 7.51. The van der Waals surface area contributed by atoms with Crippen molar-refractivity contribution in [3.63, 3.8) is 0 Å². The summed E-state index contributed by atoms with van der Waals surface area (Å²) in [6.45, 7) is 15.0. The van der Waals surface area contributed by atoms with E-state index in [1.165, 1.54) is 16.7 Å². The van der Waals surface area contributed by atoms with Gasteiger partial charge in [0.1, 0.15) is 11.4 Å². The molecule has 0 bridgehead atoms. The number of hydrogen-bond donors (Lipinski definition) is 1. The molecular formula is C24H35NO. The largest absolute Gasteiger partial charge is 0.482 e. The Morgan fingerprint density at radius 3 is 2.42 bits per heavy atom. The molecule has 1 N–H and O–H groups in total. The lowest BCUT2D eigenvalue weighted by molar-refractivity contribution is 0.0283. The zero-order valence-corrected chi connectivity index (χ0v) is 17.6. The van der Waals surface area contributed by atoms with E-state index in [0.29, 0.717) is 12.1 Å². The smallest absolute Gasteiger partial charge is 0.135 e. The molecule has 2 nitrogen and oxygen atoms in total. The summed E-state index contributed by atoms with van der Waals surface area (Å²) in [7, 11) is 1.91. The van der Waals surface area contributed by atoms with Crippen molar-refractivity contribution in [1.82, 2.24) is 5.32 Å². The number of hydrogen-bond acceptors (Lipinski definition) is 2. The van der Waals surface area contributed by atoms with Crippen molar-refractivity contribution in [3.05, 3.63) is 63.6 Å². The lowest BCUT2D eigenvalue weighted by Gasteiger charge is -2.39. The third kappa shape index (κ3) is 3.81. The Labute approximate surface area is 164 Å². The van der Waals surface area contributed by atoms with E-state index in [1.54, 1.807) is 0 Å². The van der Waals surface area contributed by atoms with Crippen LogP contribution in [-0.4, -0.2) is 13.6 Å². The van der Waals surface area contributed by atoms with Crippen LogP contribution in [0, 0.1) is 33.6 Å². The molecule has 2 heteroatoms. The molecule has 2 rings (SSSR count). The first-order chi connectivity index (χ1) is 13.5. The maximum atomic E-state index is 8.69. The summed E-state index contributed by atoms with van der Waals surface area (Å²) in [5.74, 6) is 0.871. The molecule has 0 aliphatic heterocycles. The van der Waals surface area contributed by atoms with Gasteiger partial charge in [-0.05, 0) is 87.5 Å². The van der Waals surface area contributed by atoms with Gasteiger partial charge in [-0.2, -0.15) is 0 Å². The van der Waals surface area contributed by atoms with Gasteiger partial charge in [-0.1, -0.05) is 38.0 Å². The second-order valence-corrected chi connectivity index (χ2v) is 7.51. The molecule has 0 fully saturated rings. The first-order valence-electron chi connectivity index (χ1n) is 11.0. The van der Waals surface area contributed by atoms with Crippen molar-refractivity contribution in [2.75, 3.05) is 13.6 Å². The summed E-state index contributed by atoms with van der Waals surface area (Å²) >= 11 is 0. The van der Waals surface area contributed by atoms with Crippen LogP contribution in [0.15, 0.2) is 30.3 Å². The van der Waals surface area contributed by atoms with Crippen molar-refractivity contribution in [1.29, 1.82) is 0 Å². The minimum absolute atomic E-state index is 0.0367. The molecule has 0 aliphatic rings. The highest BCUT2D eigenvalue weighted by atomic mass is 16.5. The molecule has 0 radical (unpaired) electrons. The second kappa shape index (κ2) is 8.26. The Hall–Kier alpha value is -1.80. The SMILES string of the molecule is [2H]c1c([2H])c(C)c(C)c([C@](C)(Oc2ccc(C)c(C)c2CC)C(C)CNC)c1[2H]. The molecule has 2 atom stereocenters. The fraction of sp³-hybridized carbons (Fsp3) is 0.500. The van der Waals surface area contributed by atoms with Gasteiger partial charge in [-0.15, -0.1) is 0 Å². The number of benzene rings is 2. The maximum Gasteiger partial charge on any atom is 0.135 e. The van der Waals surface area contributed by atoms with E-state index >= 15 is 0 Å². The fourth-order valence-corrected chi connectivity index (χ4v) is 3.57. The predicted octanol–water partition coefficient (Wildman–Crippen LogP) is 5.63. The lowest BCUT2D eigenvalue weighted by Crippen LogP contribution is -2.42. The van der Waals surface area contributed by atoms with Gasteiger partial charge in [-0.25, -0.2) is 0 Å². The topological polar surface area (TPSA) is 21.3 Å². The van der Waals surface area contributed by atoms with Gasteiger partial charge >= 0.3 is 0 Å². The molecule has 2 aromatic carbocycles. The molecule has 0 aromatic heterocycles. The first kappa shape index (κ1) is 16.4. The summed E-state index contributed by atoms with van der Waals surface area (Å²) < 4.78 is 32.0. The standard InChI is InChI=1S/C24H35NO/c1-9-21-19(5)17(3)13-14-23(21)26-24(7,18(4)15-25-8)22-12-10-11-16(2)20(22)6/h10-14,18,25H,9,15H2,1-8H3/t18?,24-/m1/s1/i10D,11D,12D. The molecular weight excluding hydrogens is 318 g/mol. The molecule has 2 aromatic rings. The van der Waals surface area contributed by atoms with Gasteiger partial charge in [0.05, 0.1) is 4.11 Å². The van der Waals surface area contributed by atoms with Gasteiger partial charge in [0.15, 0.2) is 0 Å². The summed E-state index contributed by atoms with van der Waals surface area (Å²) in [5.41, 5.74) is 5.14. The average Bonchev–Trinajstić information content (AvgIpc) is 2.68. The predicted molar refractivity (Wildman–Crippen MR) is 112 cm³/mol. The highest BCUT2D eigenvalue weighted by molar-refractivity contribution is 5.46. The Morgan fingerprint density at radius 1 is 1.12 bits per heavy atom. The van der Waals surface area contributed by atoms with E-state index in [-0.39, 0.29) is 24.0 Å². The van der Waals surface area contributed by atoms with E-state index in [9.17, 15) is 0 Å². The van der Waals surface area contributed by atoms with Crippen molar-refractivity contribution >= 4 is 0 Å². The van der Waals surface area contributed by atoms with Crippen LogP contribution in [0.25, 0.3) is 0 Å². The minimum Gasteiger partial charge on any atom is -0.482 e. The monoisotopic (exact) mass is 356 g/mol. The molecule has 0 saturated carbocycles. The van der Waals surface area contributed by atoms with E-state index in [4.69, 9.17) is 8.85 Å². The normalized spacial score (nSPS) is 16.4. The molecule has 0 saturated heterocycles.